The molecule has 2 aromatic carbocycles. The van der Waals surface area contributed by atoms with Gasteiger partial charge in [0.15, 0.2) is 9.47 Å². The fraction of sp³-hybridized carbons (Fsp3) is 0.150. The number of rotatable bonds is 5. The van der Waals surface area contributed by atoms with Crippen molar-refractivity contribution >= 4 is 55.7 Å². The molecule has 4 aromatic rings. The van der Waals surface area contributed by atoms with Crippen LogP contribution in [0, 0.1) is 13.8 Å². The van der Waals surface area contributed by atoms with Gasteiger partial charge in [-0.3, -0.25) is 4.79 Å². The molecule has 0 saturated carbocycles. The first-order valence-corrected chi connectivity index (χ1v) is 11.1. The van der Waals surface area contributed by atoms with E-state index in [0.29, 0.717) is 10.9 Å². The van der Waals surface area contributed by atoms with Crippen LogP contribution in [0.3, 0.4) is 0 Å². The Kier molecular flexibility index (Phi) is 5.24. The van der Waals surface area contributed by atoms with Crippen molar-refractivity contribution in [1.82, 2.24) is 9.97 Å². The predicted octanol–water partition coefficient (Wildman–Crippen LogP) is 5.77. The first-order valence-electron chi connectivity index (χ1n) is 8.40. The molecule has 0 aliphatic rings. The molecule has 0 radical (unpaired) electrons. The lowest BCUT2D eigenvalue weighted by Gasteiger charge is -2.02. The number of aryl methyl sites for hydroxylation is 2. The van der Waals surface area contributed by atoms with Crippen molar-refractivity contribution in [2.45, 2.75) is 18.2 Å². The normalized spacial score (nSPS) is 11.0. The number of hydrogen-bond donors (Lipinski definition) is 1. The minimum Gasteiger partial charge on any atom is -0.301 e. The van der Waals surface area contributed by atoms with Gasteiger partial charge in [0.2, 0.25) is 5.91 Å². The van der Waals surface area contributed by atoms with E-state index in [9.17, 15) is 4.79 Å². The molecule has 0 bridgehead atoms. The highest BCUT2D eigenvalue weighted by molar-refractivity contribution is 8.01. The summed E-state index contributed by atoms with van der Waals surface area (Å²) in [6.07, 6.45) is 0. The zero-order valence-electron chi connectivity index (χ0n) is 14.9. The lowest BCUT2D eigenvalue weighted by Crippen LogP contribution is -2.13. The summed E-state index contributed by atoms with van der Waals surface area (Å²) >= 11 is 4.50. The number of benzene rings is 2. The molecule has 0 aliphatic carbocycles. The average Bonchev–Trinajstić information content (AvgIpc) is 3.28. The van der Waals surface area contributed by atoms with Crippen LogP contribution in [0.1, 0.15) is 11.1 Å². The smallest absolute Gasteiger partial charge is 0.236 e. The van der Waals surface area contributed by atoms with Gasteiger partial charge in [-0.05, 0) is 43.2 Å². The van der Waals surface area contributed by atoms with E-state index in [1.807, 2.05) is 29.6 Å². The van der Waals surface area contributed by atoms with E-state index in [-0.39, 0.29) is 5.91 Å². The quantitative estimate of drug-likeness (QED) is 0.424. The number of fused-ring (bicyclic) bond motifs is 1. The molecule has 7 heteroatoms. The molecule has 27 heavy (non-hydrogen) atoms. The predicted molar refractivity (Wildman–Crippen MR) is 116 cm³/mol. The van der Waals surface area contributed by atoms with Crippen LogP contribution in [0.25, 0.3) is 21.5 Å². The molecule has 1 amide bonds. The molecule has 0 spiro atoms. The molecular weight excluding hydrogens is 394 g/mol. The molecule has 136 valence electrons. The maximum absolute atomic E-state index is 12.3. The number of hydrogen-bond acceptors (Lipinski definition) is 6. The van der Waals surface area contributed by atoms with Crippen LogP contribution in [0.4, 0.5) is 5.13 Å². The summed E-state index contributed by atoms with van der Waals surface area (Å²) in [6.45, 7) is 4.18. The van der Waals surface area contributed by atoms with Gasteiger partial charge in [0, 0.05) is 10.9 Å². The van der Waals surface area contributed by atoms with Gasteiger partial charge in [-0.1, -0.05) is 36.0 Å². The van der Waals surface area contributed by atoms with E-state index in [4.69, 9.17) is 0 Å². The number of nitrogens with zero attached hydrogens (tertiary/aromatic N) is 2. The summed E-state index contributed by atoms with van der Waals surface area (Å²) in [5.74, 6) is 0.249. The summed E-state index contributed by atoms with van der Waals surface area (Å²) in [7, 11) is 0. The van der Waals surface area contributed by atoms with Crippen molar-refractivity contribution in [3.63, 3.8) is 0 Å². The molecule has 0 aliphatic heterocycles. The Hall–Kier alpha value is -2.22. The minimum atomic E-state index is -0.0692. The maximum Gasteiger partial charge on any atom is 0.236 e. The van der Waals surface area contributed by atoms with Gasteiger partial charge in [-0.25, -0.2) is 9.97 Å². The zero-order valence-corrected chi connectivity index (χ0v) is 17.3. The first-order chi connectivity index (χ1) is 13.1. The fourth-order valence-electron chi connectivity index (χ4n) is 2.56. The van der Waals surface area contributed by atoms with Gasteiger partial charge < -0.3 is 5.32 Å². The summed E-state index contributed by atoms with van der Waals surface area (Å²) in [5, 5.41) is 5.48. The number of anilines is 1. The Morgan fingerprint density at radius 3 is 2.78 bits per heavy atom. The Labute approximate surface area is 169 Å². The van der Waals surface area contributed by atoms with Gasteiger partial charge >= 0.3 is 0 Å². The van der Waals surface area contributed by atoms with E-state index < -0.39 is 0 Å². The number of thioether (sulfide) groups is 1. The Morgan fingerprint density at radius 2 is 1.96 bits per heavy atom. The van der Waals surface area contributed by atoms with E-state index in [2.05, 4.69) is 47.3 Å². The van der Waals surface area contributed by atoms with E-state index in [1.165, 1.54) is 34.2 Å². The minimum absolute atomic E-state index is 0.0692. The van der Waals surface area contributed by atoms with E-state index in [0.717, 1.165) is 25.8 Å². The summed E-state index contributed by atoms with van der Waals surface area (Å²) in [4.78, 5) is 21.3. The van der Waals surface area contributed by atoms with Crippen LogP contribution < -0.4 is 5.32 Å². The second-order valence-corrected chi connectivity index (χ2v) is 9.23. The Morgan fingerprint density at radius 1 is 1.11 bits per heavy atom. The van der Waals surface area contributed by atoms with Gasteiger partial charge in [-0.15, -0.1) is 22.7 Å². The lowest BCUT2D eigenvalue weighted by atomic mass is 10.1. The monoisotopic (exact) mass is 411 g/mol. The third-order valence-electron chi connectivity index (χ3n) is 4.15. The van der Waals surface area contributed by atoms with Crippen LogP contribution in [0.15, 0.2) is 52.2 Å². The Balaban J connectivity index is 1.38. The highest BCUT2D eigenvalue weighted by Gasteiger charge is 2.11. The highest BCUT2D eigenvalue weighted by atomic mass is 32.2. The maximum atomic E-state index is 12.3. The number of carbonyl (C=O) groups excluding carboxylic acids is 1. The second-order valence-electron chi connectivity index (χ2n) is 6.12. The molecule has 2 aromatic heterocycles. The van der Waals surface area contributed by atoms with Crippen LogP contribution in [0.2, 0.25) is 0 Å². The molecule has 4 nitrogen and oxygen atoms in total. The van der Waals surface area contributed by atoms with Crippen molar-refractivity contribution in [3.8, 4) is 11.3 Å². The van der Waals surface area contributed by atoms with Crippen molar-refractivity contribution in [2.75, 3.05) is 11.1 Å². The van der Waals surface area contributed by atoms with Gasteiger partial charge in [0.1, 0.15) is 0 Å². The van der Waals surface area contributed by atoms with E-state index in [1.54, 1.807) is 11.3 Å². The largest absolute Gasteiger partial charge is 0.301 e. The topological polar surface area (TPSA) is 54.9 Å². The van der Waals surface area contributed by atoms with Crippen molar-refractivity contribution in [2.24, 2.45) is 0 Å². The summed E-state index contributed by atoms with van der Waals surface area (Å²) < 4.78 is 2.04. The molecular formula is C20H17N3OS3. The second kappa shape index (κ2) is 7.80. The number of amides is 1. The molecule has 0 saturated heterocycles. The van der Waals surface area contributed by atoms with Gasteiger partial charge in [0.25, 0.3) is 0 Å². The van der Waals surface area contributed by atoms with Crippen LogP contribution in [0.5, 0.6) is 0 Å². The summed E-state index contributed by atoms with van der Waals surface area (Å²) in [5.41, 5.74) is 5.42. The third-order valence-corrected chi connectivity index (χ3v) is 7.09. The molecule has 0 fully saturated rings. The standard InChI is InChI=1S/C20H17N3OS3/c1-12-7-8-14(9-13(12)2)16-10-25-19(21-16)23-18(24)11-26-20-22-15-5-3-4-6-17(15)27-20/h3-10H,11H2,1-2H3,(H,21,23,24). The number of carbonyl (C=O) groups is 1. The van der Waals surface area contributed by atoms with Crippen molar-refractivity contribution in [1.29, 1.82) is 0 Å². The average molecular weight is 412 g/mol. The fourth-order valence-corrected chi connectivity index (χ4v) is 5.16. The van der Waals surface area contributed by atoms with Crippen LogP contribution in [-0.4, -0.2) is 21.6 Å². The molecule has 2 heterocycles. The SMILES string of the molecule is Cc1ccc(-c2csc(NC(=O)CSc3nc4ccccc4s3)n2)cc1C. The van der Waals surface area contributed by atoms with E-state index >= 15 is 0 Å². The van der Waals surface area contributed by atoms with Gasteiger partial charge in [0.05, 0.1) is 21.7 Å². The third kappa shape index (κ3) is 4.21. The molecule has 0 unspecified atom stereocenters. The number of nitrogens with one attached hydrogen (secondary N) is 1. The number of thiazole rings is 2. The highest BCUT2D eigenvalue weighted by Crippen LogP contribution is 2.30. The first kappa shape index (κ1) is 18.2. The van der Waals surface area contributed by atoms with Gasteiger partial charge in [-0.2, -0.15) is 0 Å². The van der Waals surface area contributed by atoms with Crippen molar-refractivity contribution in [3.05, 3.63) is 59.0 Å². The Bertz CT molecular complexity index is 1080. The number of aromatic nitrogens is 2. The zero-order chi connectivity index (χ0) is 18.8. The van der Waals surface area contributed by atoms with Crippen molar-refractivity contribution < 1.29 is 4.79 Å². The molecule has 4 rings (SSSR count). The van der Waals surface area contributed by atoms with Crippen LogP contribution in [-0.2, 0) is 4.79 Å². The molecule has 1 N–H and O–H groups in total. The lowest BCUT2D eigenvalue weighted by molar-refractivity contribution is -0.113. The summed E-state index contributed by atoms with van der Waals surface area (Å²) in [6, 6.07) is 14.3. The number of para-hydroxylation sites is 1. The molecule has 0 atom stereocenters. The van der Waals surface area contributed by atoms with Crippen LogP contribution >= 0.6 is 34.4 Å².